The van der Waals surface area contributed by atoms with Crippen LogP contribution in [0.5, 0.6) is 0 Å². The fourth-order valence-corrected chi connectivity index (χ4v) is 4.37. The van der Waals surface area contributed by atoms with Crippen molar-refractivity contribution in [2.75, 3.05) is 6.26 Å². The van der Waals surface area contributed by atoms with Crippen molar-refractivity contribution in [2.45, 2.75) is 37.5 Å². The van der Waals surface area contributed by atoms with E-state index in [2.05, 4.69) is 0 Å². The van der Waals surface area contributed by atoms with Crippen LogP contribution < -0.4 is 0 Å². The molecule has 21 heavy (non-hydrogen) atoms. The highest BCUT2D eigenvalue weighted by molar-refractivity contribution is 7.89. The van der Waals surface area contributed by atoms with Crippen LogP contribution in [0, 0.1) is 11.8 Å². The van der Waals surface area contributed by atoms with Gasteiger partial charge in [-0.3, -0.25) is 0 Å². The van der Waals surface area contributed by atoms with Crippen molar-refractivity contribution in [3.05, 3.63) is 35.4 Å². The van der Waals surface area contributed by atoms with Gasteiger partial charge in [0.25, 0.3) is 0 Å². The molecule has 0 spiro atoms. The lowest BCUT2D eigenvalue weighted by molar-refractivity contribution is 0.0158. The second-order valence-corrected chi connectivity index (χ2v) is 8.53. The Bertz CT molecular complexity index is 633. The zero-order chi connectivity index (χ0) is 15.0. The van der Waals surface area contributed by atoms with Crippen molar-refractivity contribution in [2.24, 2.45) is 11.8 Å². The minimum absolute atomic E-state index is 0.00525. The van der Waals surface area contributed by atoms with E-state index in [1.807, 2.05) is 0 Å². The molecule has 3 unspecified atom stereocenters. The number of esters is 1. The summed E-state index contributed by atoms with van der Waals surface area (Å²) in [6.07, 6.45) is 5.93. The van der Waals surface area contributed by atoms with Crippen LogP contribution in [0.1, 0.15) is 41.6 Å². The van der Waals surface area contributed by atoms with Gasteiger partial charge in [0, 0.05) is 6.26 Å². The van der Waals surface area contributed by atoms with E-state index >= 15 is 0 Å². The van der Waals surface area contributed by atoms with Crippen molar-refractivity contribution in [3.8, 4) is 0 Å². The fourth-order valence-electron chi connectivity index (χ4n) is 3.58. The molecule has 2 aliphatic carbocycles. The Morgan fingerprint density at radius 1 is 1.19 bits per heavy atom. The molecule has 4 nitrogen and oxygen atoms in total. The SMILES string of the molecule is CS(=O)(=O)Cc1ccc(C(=O)OC2CC3CCC2C3)cc1. The summed E-state index contributed by atoms with van der Waals surface area (Å²) in [5, 5.41) is 0. The van der Waals surface area contributed by atoms with Crippen LogP contribution in [0.15, 0.2) is 24.3 Å². The first kappa shape index (κ1) is 14.6. The Morgan fingerprint density at radius 2 is 1.90 bits per heavy atom. The zero-order valence-corrected chi connectivity index (χ0v) is 12.9. The van der Waals surface area contributed by atoms with Crippen molar-refractivity contribution >= 4 is 15.8 Å². The molecule has 0 N–H and O–H groups in total. The molecule has 2 saturated carbocycles. The molecule has 1 aromatic rings. The predicted molar refractivity (Wildman–Crippen MR) is 79.6 cm³/mol. The molecular weight excluding hydrogens is 288 g/mol. The van der Waals surface area contributed by atoms with Gasteiger partial charge in [0.1, 0.15) is 6.10 Å². The average molecular weight is 308 g/mol. The number of carbonyl (C=O) groups is 1. The van der Waals surface area contributed by atoms with Crippen molar-refractivity contribution in [3.63, 3.8) is 0 Å². The van der Waals surface area contributed by atoms with E-state index in [-0.39, 0.29) is 17.8 Å². The predicted octanol–water partition coefficient (Wildman–Crippen LogP) is 2.58. The number of ether oxygens (including phenoxy) is 1. The monoisotopic (exact) mass is 308 g/mol. The molecule has 0 amide bonds. The molecule has 3 rings (SSSR count). The van der Waals surface area contributed by atoms with Gasteiger partial charge in [-0.05, 0) is 55.2 Å². The summed E-state index contributed by atoms with van der Waals surface area (Å²) in [7, 11) is -3.05. The number of hydrogen-bond acceptors (Lipinski definition) is 4. The van der Waals surface area contributed by atoms with E-state index in [0.29, 0.717) is 17.0 Å². The smallest absolute Gasteiger partial charge is 0.338 e. The first-order chi connectivity index (χ1) is 9.90. The molecule has 2 fully saturated rings. The third-order valence-corrected chi connectivity index (χ3v) is 5.41. The molecule has 3 atom stereocenters. The minimum Gasteiger partial charge on any atom is -0.458 e. The van der Waals surface area contributed by atoms with Crippen LogP contribution >= 0.6 is 0 Å². The average Bonchev–Trinajstić information content (AvgIpc) is 3.00. The van der Waals surface area contributed by atoms with Crippen molar-refractivity contribution in [1.82, 2.24) is 0 Å². The maximum atomic E-state index is 12.1. The Morgan fingerprint density at radius 3 is 2.43 bits per heavy atom. The highest BCUT2D eigenvalue weighted by Crippen LogP contribution is 2.46. The maximum absolute atomic E-state index is 12.1. The van der Waals surface area contributed by atoms with Crippen molar-refractivity contribution < 1.29 is 17.9 Å². The molecule has 0 saturated heterocycles. The van der Waals surface area contributed by atoms with E-state index in [1.54, 1.807) is 24.3 Å². The number of fused-ring (bicyclic) bond motifs is 2. The second-order valence-electron chi connectivity index (χ2n) is 6.39. The van der Waals surface area contributed by atoms with Crippen LogP contribution in [0.2, 0.25) is 0 Å². The van der Waals surface area contributed by atoms with E-state index in [1.165, 1.54) is 25.5 Å². The molecule has 2 aliphatic rings. The molecule has 0 aliphatic heterocycles. The quantitative estimate of drug-likeness (QED) is 0.802. The summed E-state index contributed by atoms with van der Waals surface area (Å²) >= 11 is 0. The normalized spacial score (nSPS) is 27.8. The van der Waals surface area contributed by atoms with Crippen molar-refractivity contribution in [1.29, 1.82) is 0 Å². The summed E-state index contributed by atoms with van der Waals surface area (Å²) in [6.45, 7) is 0. The van der Waals surface area contributed by atoms with Crippen LogP contribution in [0.25, 0.3) is 0 Å². The molecule has 0 aromatic heterocycles. The number of hydrogen-bond donors (Lipinski definition) is 0. The first-order valence-electron chi connectivity index (χ1n) is 7.38. The molecule has 0 heterocycles. The van der Waals surface area contributed by atoms with E-state index < -0.39 is 9.84 Å². The summed E-state index contributed by atoms with van der Waals surface area (Å²) in [4.78, 5) is 12.1. The molecular formula is C16H20O4S. The summed E-state index contributed by atoms with van der Waals surface area (Å²) < 4.78 is 28.1. The zero-order valence-electron chi connectivity index (χ0n) is 12.1. The molecule has 2 bridgehead atoms. The van der Waals surface area contributed by atoms with E-state index in [9.17, 15) is 13.2 Å². The maximum Gasteiger partial charge on any atom is 0.338 e. The van der Waals surface area contributed by atoms with E-state index in [0.717, 1.165) is 12.3 Å². The van der Waals surface area contributed by atoms with Crippen LogP contribution in [-0.2, 0) is 20.3 Å². The number of rotatable bonds is 4. The summed E-state index contributed by atoms with van der Waals surface area (Å²) in [5.74, 6) is 0.987. The standard InChI is InChI=1S/C16H20O4S/c1-21(18,19)10-11-2-5-13(6-3-11)16(17)20-15-9-12-4-7-14(15)8-12/h2-3,5-6,12,14-15H,4,7-10H2,1H3. The highest BCUT2D eigenvalue weighted by Gasteiger charge is 2.41. The summed E-state index contributed by atoms with van der Waals surface area (Å²) in [6, 6.07) is 6.66. The second kappa shape index (κ2) is 5.44. The third kappa shape index (κ3) is 3.46. The van der Waals surface area contributed by atoms with Gasteiger partial charge in [-0.25, -0.2) is 13.2 Å². The highest BCUT2D eigenvalue weighted by atomic mass is 32.2. The lowest BCUT2D eigenvalue weighted by atomic mass is 9.98. The molecule has 114 valence electrons. The van der Waals surface area contributed by atoms with Gasteiger partial charge in [-0.2, -0.15) is 0 Å². The Balaban J connectivity index is 1.62. The largest absolute Gasteiger partial charge is 0.458 e. The number of benzene rings is 1. The first-order valence-corrected chi connectivity index (χ1v) is 9.44. The van der Waals surface area contributed by atoms with Crippen LogP contribution in [0.4, 0.5) is 0 Å². The molecule has 0 radical (unpaired) electrons. The van der Waals surface area contributed by atoms with Gasteiger partial charge < -0.3 is 4.74 Å². The molecule has 5 heteroatoms. The van der Waals surface area contributed by atoms with Gasteiger partial charge in [-0.15, -0.1) is 0 Å². The third-order valence-electron chi connectivity index (χ3n) is 4.55. The van der Waals surface area contributed by atoms with Gasteiger partial charge in [0.05, 0.1) is 11.3 Å². The Kier molecular flexibility index (Phi) is 3.78. The lowest BCUT2D eigenvalue weighted by Crippen LogP contribution is -2.24. The van der Waals surface area contributed by atoms with Gasteiger partial charge in [-0.1, -0.05) is 12.1 Å². The van der Waals surface area contributed by atoms with Gasteiger partial charge in [0.15, 0.2) is 9.84 Å². The molecule has 1 aromatic carbocycles. The van der Waals surface area contributed by atoms with Crippen LogP contribution in [-0.4, -0.2) is 26.7 Å². The topological polar surface area (TPSA) is 60.4 Å². The lowest BCUT2D eigenvalue weighted by Gasteiger charge is -2.21. The minimum atomic E-state index is -3.05. The summed E-state index contributed by atoms with van der Waals surface area (Å²) in [5.41, 5.74) is 1.18. The van der Waals surface area contributed by atoms with Gasteiger partial charge >= 0.3 is 5.97 Å². The Hall–Kier alpha value is -1.36. The Labute approximate surface area is 125 Å². The van der Waals surface area contributed by atoms with Crippen LogP contribution in [0.3, 0.4) is 0 Å². The van der Waals surface area contributed by atoms with Gasteiger partial charge in [0.2, 0.25) is 0 Å². The fraction of sp³-hybridized carbons (Fsp3) is 0.562. The number of carbonyl (C=O) groups excluding carboxylic acids is 1. The van der Waals surface area contributed by atoms with E-state index in [4.69, 9.17) is 4.74 Å². The number of sulfone groups is 1.